The van der Waals surface area contributed by atoms with Crippen molar-refractivity contribution >= 4 is 0 Å². The van der Waals surface area contributed by atoms with Crippen molar-refractivity contribution in [3.63, 3.8) is 0 Å². The Morgan fingerprint density at radius 2 is 1.81 bits per heavy atom. The van der Waals surface area contributed by atoms with Crippen molar-refractivity contribution in [2.24, 2.45) is 0 Å². The number of halogens is 2. The van der Waals surface area contributed by atoms with Crippen molar-refractivity contribution in [3.05, 3.63) is 59.7 Å². The smallest absolute Gasteiger partial charge is 0.130 e. The second kappa shape index (κ2) is 8.47. The first kappa shape index (κ1) is 18.6. The van der Waals surface area contributed by atoms with Crippen LogP contribution in [0, 0.1) is 11.6 Å². The number of methoxy groups -OCH3 is 1. The molecule has 0 aliphatic heterocycles. The summed E-state index contributed by atoms with van der Waals surface area (Å²) in [6, 6.07) is 11.1. The normalized spacial score (nSPS) is 15.1. The number of nitrogens with zero attached hydrogens (tertiary/aromatic N) is 1. The van der Waals surface area contributed by atoms with Crippen molar-refractivity contribution < 1.29 is 23.4 Å². The molecule has 1 unspecified atom stereocenters. The van der Waals surface area contributed by atoms with Crippen LogP contribution in [0.1, 0.15) is 18.4 Å². The fourth-order valence-electron chi connectivity index (χ4n) is 2.84. The number of aliphatic hydroxyl groups is 1. The zero-order valence-electron chi connectivity index (χ0n) is 14.7. The zero-order valence-corrected chi connectivity index (χ0v) is 14.7. The van der Waals surface area contributed by atoms with E-state index in [2.05, 4.69) is 0 Å². The number of hydrogen-bond acceptors (Lipinski definition) is 4. The van der Waals surface area contributed by atoms with Crippen LogP contribution in [-0.4, -0.2) is 42.4 Å². The second-order valence-corrected chi connectivity index (χ2v) is 6.54. The first-order valence-corrected chi connectivity index (χ1v) is 8.68. The van der Waals surface area contributed by atoms with Gasteiger partial charge in [-0.25, -0.2) is 8.78 Å². The number of ether oxygens (including phenoxy) is 2. The molecule has 140 valence electrons. The summed E-state index contributed by atoms with van der Waals surface area (Å²) in [5.74, 6) is 0.239. The molecule has 0 bridgehead atoms. The van der Waals surface area contributed by atoms with E-state index < -0.39 is 17.7 Å². The summed E-state index contributed by atoms with van der Waals surface area (Å²) >= 11 is 0. The maximum atomic E-state index is 13.9. The van der Waals surface area contributed by atoms with E-state index in [4.69, 9.17) is 9.47 Å². The molecule has 1 aliphatic rings. The molecule has 0 radical (unpaired) electrons. The Labute approximate surface area is 152 Å². The third kappa shape index (κ3) is 5.16. The van der Waals surface area contributed by atoms with Crippen LogP contribution in [-0.2, 0) is 6.54 Å². The van der Waals surface area contributed by atoms with Gasteiger partial charge in [0, 0.05) is 30.8 Å². The summed E-state index contributed by atoms with van der Waals surface area (Å²) in [5.41, 5.74) is 0.432. The van der Waals surface area contributed by atoms with Crippen LogP contribution < -0.4 is 9.47 Å². The molecule has 0 aromatic heterocycles. The summed E-state index contributed by atoms with van der Waals surface area (Å²) in [6.45, 7) is 0.857. The van der Waals surface area contributed by atoms with Gasteiger partial charge in [0.1, 0.15) is 35.8 Å². The summed E-state index contributed by atoms with van der Waals surface area (Å²) in [5, 5.41) is 10.3. The third-order valence-electron chi connectivity index (χ3n) is 4.40. The van der Waals surface area contributed by atoms with E-state index in [1.54, 1.807) is 31.4 Å². The molecular weight excluding hydrogens is 340 g/mol. The number of aliphatic hydroxyl groups excluding tert-OH is 1. The predicted molar refractivity (Wildman–Crippen MR) is 94.3 cm³/mol. The van der Waals surface area contributed by atoms with E-state index in [0.717, 1.165) is 24.7 Å². The van der Waals surface area contributed by atoms with E-state index in [1.165, 1.54) is 12.1 Å². The monoisotopic (exact) mass is 363 g/mol. The van der Waals surface area contributed by atoms with Gasteiger partial charge in [0.15, 0.2) is 0 Å². The highest BCUT2D eigenvalue weighted by Gasteiger charge is 2.31. The Hall–Kier alpha value is -2.18. The molecule has 1 atom stereocenters. The lowest BCUT2D eigenvalue weighted by molar-refractivity contribution is 0.0622. The molecule has 0 heterocycles. The molecule has 0 spiro atoms. The Bertz CT molecular complexity index is 719. The highest BCUT2D eigenvalue weighted by atomic mass is 19.1. The van der Waals surface area contributed by atoms with E-state index in [1.807, 2.05) is 4.90 Å². The summed E-state index contributed by atoms with van der Waals surface area (Å²) in [6.07, 6.45) is 1.34. The molecule has 1 saturated carbocycles. The van der Waals surface area contributed by atoms with Gasteiger partial charge < -0.3 is 14.6 Å². The van der Waals surface area contributed by atoms with Crippen molar-refractivity contribution in [2.45, 2.75) is 31.5 Å². The molecule has 26 heavy (non-hydrogen) atoms. The van der Waals surface area contributed by atoms with Gasteiger partial charge in [-0.2, -0.15) is 0 Å². The molecule has 0 saturated heterocycles. The molecular formula is C20H23F2NO3. The molecule has 2 aromatic rings. The molecule has 3 rings (SSSR count). The summed E-state index contributed by atoms with van der Waals surface area (Å²) in [4.78, 5) is 2.03. The zero-order chi connectivity index (χ0) is 18.5. The van der Waals surface area contributed by atoms with Gasteiger partial charge in [0.2, 0.25) is 0 Å². The van der Waals surface area contributed by atoms with Crippen LogP contribution >= 0.6 is 0 Å². The van der Waals surface area contributed by atoms with Gasteiger partial charge in [-0.05, 0) is 43.2 Å². The first-order chi connectivity index (χ1) is 12.5. The van der Waals surface area contributed by atoms with E-state index in [-0.39, 0.29) is 6.61 Å². The van der Waals surface area contributed by atoms with Crippen LogP contribution in [0.2, 0.25) is 0 Å². The van der Waals surface area contributed by atoms with E-state index in [9.17, 15) is 13.9 Å². The molecule has 2 aromatic carbocycles. The standard InChI is InChI=1S/C20H23F2NO3/c1-25-18-6-8-19(9-7-18)26-13-17(24)12-23(16-4-5-16)11-14-2-3-15(21)10-20(14)22/h2-3,6-10,16-17,24H,4-5,11-13H2,1H3. The Morgan fingerprint density at radius 1 is 1.12 bits per heavy atom. The van der Waals surface area contributed by atoms with Gasteiger partial charge >= 0.3 is 0 Å². The number of rotatable bonds is 9. The molecule has 0 amide bonds. The lowest BCUT2D eigenvalue weighted by atomic mass is 10.2. The summed E-state index contributed by atoms with van der Waals surface area (Å²) in [7, 11) is 1.59. The Balaban J connectivity index is 1.53. The molecule has 1 aliphatic carbocycles. The van der Waals surface area contributed by atoms with Crippen LogP contribution in [0.4, 0.5) is 8.78 Å². The first-order valence-electron chi connectivity index (χ1n) is 8.68. The molecule has 4 nitrogen and oxygen atoms in total. The second-order valence-electron chi connectivity index (χ2n) is 6.54. The fraction of sp³-hybridized carbons (Fsp3) is 0.400. The molecule has 1 N–H and O–H groups in total. The average molecular weight is 363 g/mol. The largest absolute Gasteiger partial charge is 0.497 e. The number of benzene rings is 2. The van der Waals surface area contributed by atoms with Crippen LogP contribution in [0.5, 0.6) is 11.5 Å². The minimum Gasteiger partial charge on any atom is -0.497 e. The third-order valence-corrected chi connectivity index (χ3v) is 4.40. The van der Waals surface area contributed by atoms with Crippen LogP contribution in [0.15, 0.2) is 42.5 Å². The van der Waals surface area contributed by atoms with Crippen LogP contribution in [0.3, 0.4) is 0 Å². The average Bonchev–Trinajstić information content (AvgIpc) is 3.47. The topological polar surface area (TPSA) is 41.9 Å². The van der Waals surface area contributed by atoms with Crippen molar-refractivity contribution in [2.75, 3.05) is 20.3 Å². The van der Waals surface area contributed by atoms with Crippen molar-refractivity contribution in [1.29, 1.82) is 0 Å². The van der Waals surface area contributed by atoms with Crippen molar-refractivity contribution in [3.8, 4) is 11.5 Å². The van der Waals surface area contributed by atoms with Gasteiger partial charge in [-0.1, -0.05) is 6.07 Å². The van der Waals surface area contributed by atoms with Gasteiger partial charge in [0.25, 0.3) is 0 Å². The van der Waals surface area contributed by atoms with Crippen molar-refractivity contribution in [1.82, 2.24) is 4.90 Å². The summed E-state index contributed by atoms with van der Waals surface area (Å²) < 4.78 is 37.6. The maximum Gasteiger partial charge on any atom is 0.130 e. The minimum atomic E-state index is -0.707. The van der Waals surface area contributed by atoms with Gasteiger partial charge in [-0.15, -0.1) is 0 Å². The van der Waals surface area contributed by atoms with Gasteiger partial charge in [0.05, 0.1) is 7.11 Å². The highest BCUT2D eigenvalue weighted by molar-refractivity contribution is 5.31. The SMILES string of the molecule is COc1ccc(OCC(O)CN(Cc2ccc(F)cc2F)C2CC2)cc1. The van der Waals surface area contributed by atoms with E-state index >= 15 is 0 Å². The lowest BCUT2D eigenvalue weighted by Crippen LogP contribution is -2.37. The fourth-order valence-corrected chi connectivity index (χ4v) is 2.84. The maximum absolute atomic E-state index is 13.9. The quantitative estimate of drug-likeness (QED) is 0.742. The highest BCUT2D eigenvalue weighted by Crippen LogP contribution is 2.29. The Kier molecular flexibility index (Phi) is 6.06. The Morgan fingerprint density at radius 3 is 2.42 bits per heavy atom. The predicted octanol–water partition coefficient (Wildman–Crippen LogP) is 3.38. The van der Waals surface area contributed by atoms with Crippen LogP contribution in [0.25, 0.3) is 0 Å². The lowest BCUT2D eigenvalue weighted by Gasteiger charge is -2.25. The van der Waals surface area contributed by atoms with E-state index in [0.29, 0.717) is 30.4 Å². The molecule has 1 fully saturated rings. The number of hydrogen-bond donors (Lipinski definition) is 1. The minimum absolute atomic E-state index is 0.140. The van der Waals surface area contributed by atoms with Gasteiger partial charge in [-0.3, -0.25) is 4.90 Å². The molecule has 6 heteroatoms.